The van der Waals surface area contributed by atoms with E-state index in [-0.39, 0.29) is 24.5 Å². The van der Waals surface area contributed by atoms with Gasteiger partial charge in [0.1, 0.15) is 0 Å². The van der Waals surface area contributed by atoms with Crippen LogP contribution < -0.4 is 5.32 Å². The molecule has 0 atom stereocenters. The Kier molecular flexibility index (Phi) is 6.49. The smallest absolute Gasteiger partial charge is 0.226 e. The molecule has 0 unspecified atom stereocenters. The maximum atomic E-state index is 12.4. The largest absolute Gasteiger partial charge is 0.302 e. The number of nitrogens with one attached hydrogen (secondary N) is 1. The van der Waals surface area contributed by atoms with Crippen LogP contribution >= 0.6 is 11.3 Å². The molecular formula is C22H24N2O3S2. The van der Waals surface area contributed by atoms with E-state index in [1.165, 1.54) is 22.5 Å². The first-order valence-electron chi connectivity index (χ1n) is 9.37. The van der Waals surface area contributed by atoms with Crippen LogP contribution in [0.2, 0.25) is 0 Å². The van der Waals surface area contributed by atoms with Crippen molar-refractivity contribution in [3.63, 3.8) is 0 Å². The molecule has 1 N–H and O–H groups in total. The van der Waals surface area contributed by atoms with Crippen LogP contribution in [0.5, 0.6) is 0 Å². The van der Waals surface area contributed by atoms with Crippen molar-refractivity contribution in [2.24, 2.45) is 0 Å². The first kappa shape index (κ1) is 21.2. The Morgan fingerprint density at radius 1 is 1.03 bits per heavy atom. The van der Waals surface area contributed by atoms with Gasteiger partial charge in [-0.3, -0.25) is 4.79 Å². The molecule has 0 fully saturated rings. The second-order valence-electron chi connectivity index (χ2n) is 7.12. The van der Waals surface area contributed by atoms with Gasteiger partial charge in [0.2, 0.25) is 5.91 Å². The molecule has 3 rings (SSSR count). The lowest BCUT2D eigenvalue weighted by atomic mass is 10.1. The van der Waals surface area contributed by atoms with E-state index < -0.39 is 9.84 Å². The number of carbonyl (C=O) groups is 1. The molecule has 0 aliphatic rings. The number of anilines is 1. The zero-order chi connectivity index (χ0) is 21.0. The molecule has 5 nitrogen and oxygen atoms in total. The molecule has 1 amide bonds. The predicted molar refractivity (Wildman–Crippen MR) is 118 cm³/mol. The summed E-state index contributed by atoms with van der Waals surface area (Å²) in [6.45, 7) is 6.02. The Labute approximate surface area is 175 Å². The molecule has 0 saturated heterocycles. The van der Waals surface area contributed by atoms with Crippen LogP contribution in [0.15, 0.2) is 52.7 Å². The average molecular weight is 429 g/mol. The van der Waals surface area contributed by atoms with Crippen LogP contribution in [-0.2, 0) is 14.6 Å². The molecule has 0 spiro atoms. The molecule has 1 heterocycles. The van der Waals surface area contributed by atoms with Gasteiger partial charge >= 0.3 is 0 Å². The number of hydrogen-bond acceptors (Lipinski definition) is 5. The van der Waals surface area contributed by atoms with E-state index in [0.717, 1.165) is 16.8 Å². The Bertz CT molecular complexity index is 1120. The van der Waals surface area contributed by atoms with Crippen molar-refractivity contribution in [3.05, 3.63) is 64.5 Å². The summed E-state index contributed by atoms with van der Waals surface area (Å²) in [5.41, 5.74) is 5.24. The van der Waals surface area contributed by atoms with Gasteiger partial charge < -0.3 is 5.32 Å². The zero-order valence-electron chi connectivity index (χ0n) is 16.7. The summed E-state index contributed by atoms with van der Waals surface area (Å²) in [6.07, 6.45) is 0.390. The van der Waals surface area contributed by atoms with Gasteiger partial charge in [-0.25, -0.2) is 13.4 Å². The molecule has 2 aromatic carbocycles. The maximum Gasteiger partial charge on any atom is 0.226 e. The summed E-state index contributed by atoms with van der Waals surface area (Å²) in [5.74, 6) is -0.292. The van der Waals surface area contributed by atoms with Crippen LogP contribution in [0.25, 0.3) is 11.3 Å². The quantitative estimate of drug-likeness (QED) is 0.579. The van der Waals surface area contributed by atoms with Crippen molar-refractivity contribution >= 4 is 32.2 Å². The fourth-order valence-corrected chi connectivity index (χ4v) is 4.88. The van der Waals surface area contributed by atoms with E-state index in [0.29, 0.717) is 10.0 Å². The third-order valence-electron chi connectivity index (χ3n) is 4.75. The number of thiazole rings is 1. The van der Waals surface area contributed by atoms with Crippen molar-refractivity contribution in [2.45, 2.75) is 38.5 Å². The Morgan fingerprint density at radius 2 is 1.76 bits per heavy atom. The van der Waals surface area contributed by atoms with Gasteiger partial charge in [0, 0.05) is 17.4 Å². The molecule has 3 aromatic rings. The van der Waals surface area contributed by atoms with Crippen molar-refractivity contribution in [2.75, 3.05) is 11.1 Å². The van der Waals surface area contributed by atoms with E-state index in [2.05, 4.69) is 36.3 Å². The minimum Gasteiger partial charge on any atom is -0.302 e. The third kappa shape index (κ3) is 5.52. The summed E-state index contributed by atoms with van der Waals surface area (Å²) in [6, 6.07) is 12.9. The number of nitrogens with zero attached hydrogens (tertiary/aromatic N) is 1. The number of sulfone groups is 1. The number of amides is 1. The van der Waals surface area contributed by atoms with E-state index in [1.807, 2.05) is 18.4 Å². The van der Waals surface area contributed by atoms with Gasteiger partial charge in [-0.1, -0.05) is 29.8 Å². The van der Waals surface area contributed by atoms with Crippen molar-refractivity contribution in [1.29, 1.82) is 0 Å². The van der Waals surface area contributed by atoms with E-state index in [1.54, 1.807) is 24.3 Å². The second kappa shape index (κ2) is 8.88. The number of aromatic nitrogens is 1. The van der Waals surface area contributed by atoms with E-state index >= 15 is 0 Å². The highest BCUT2D eigenvalue weighted by molar-refractivity contribution is 7.91. The molecule has 0 aliphatic heterocycles. The molecule has 29 heavy (non-hydrogen) atoms. The Balaban J connectivity index is 1.54. The number of hydrogen-bond donors (Lipinski definition) is 1. The van der Waals surface area contributed by atoms with E-state index in [9.17, 15) is 13.2 Å². The summed E-state index contributed by atoms with van der Waals surface area (Å²) >= 11 is 1.36. The van der Waals surface area contributed by atoms with Gasteiger partial charge in [-0.2, -0.15) is 0 Å². The molecule has 0 bridgehead atoms. The normalized spacial score (nSPS) is 11.4. The Hall–Kier alpha value is -2.51. The van der Waals surface area contributed by atoms with Gasteiger partial charge in [-0.15, -0.1) is 11.3 Å². The lowest BCUT2D eigenvalue weighted by Gasteiger charge is -2.05. The number of aryl methyl sites for hydroxylation is 3. The highest BCUT2D eigenvalue weighted by Crippen LogP contribution is 2.26. The molecule has 7 heteroatoms. The monoisotopic (exact) mass is 428 g/mol. The average Bonchev–Trinajstić information content (AvgIpc) is 3.12. The predicted octanol–water partition coefficient (Wildman–Crippen LogP) is 4.93. The second-order valence-corrected chi connectivity index (χ2v) is 10.1. The first-order valence-corrected chi connectivity index (χ1v) is 11.9. The molecule has 0 radical (unpaired) electrons. The van der Waals surface area contributed by atoms with Crippen LogP contribution in [0, 0.1) is 20.8 Å². The molecular weight excluding hydrogens is 404 g/mol. The fraction of sp³-hybridized carbons (Fsp3) is 0.273. The third-order valence-corrected chi connectivity index (χ3v) is 7.32. The minimum absolute atomic E-state index is 0.0603. The first-order chi connectivity index (χ1) is 13.7. The summed E-state index contributed by atoms with van der Waals surface area (Å²) in [4.78, 5) is 16.9. The molecule has 0 saturated carbocycles. The lowest BCUT2D eigenvalue weighted by Crippen LogP contribution is -2.14. The van der Waals surface area contributed by atoms with Gasteiger partial charge in [0.15, 0.2) is 15.0 Å². The lowest BCUT2D eigenvalue weighted by molar-refractivity contribution is -0.116. The molecule has 1 aromatic heterocycles. The zero-order valence-corrected chi connectivity index (χ0v) is 18.4. The topological polar surface area (TPSA) is 76.1 Å². The van der Waals surface area contributed by atoms with Crippen LogP contribution in [-0.4, -0.2) is 25.1 Å². The molecule has 0 aliphatic carbocycles. The van der Waals surface area contributed by atoms with Crippen molar-refractivity contribution < 1.29 is 13.2 Å². The van der Waals surface area contributed by atoms with Crippen molar-refractivity contribution in [1.82, 2.24) is 4.98 Å². The standard InChI is InChI=1S/C22H24N2O3S2/c1-15-6-10-19(11-7-15)29(26,27)12-4-5-21(25)24-22-23-20(14-28-22)18-9-8-16(2)17(3)13-18/h6-11,13-14H,4-5,12H2,1-3H3,(H,23,24,25). The van der Waals surface area contributed by atoms with Gasteiger partial charge in [0.25, 0.3) is 0 Å². The molecule has 152 valence electrons. The summed E-state index contributed by atoms with van der Waals surface area (Å²) in [7, 11) is -3.38. The highest BCUT2D eigenvalue weighted by atomic mass is 32.2. The van der Waals surface area contributed by atoms with Crippen LogP contribution in [0.4, 0.5) is 5.13 Å². The van der Waals surface area contributed by atoms with Crippen molar-refractivity contribution in [3.8, 4) is 11.3 Å². The van der Waals surface area contributed by atoms with Crippen LogP contribution in [0.3, 0.4) is 0 Å². The van der Waals surface area contributed by atoms with Gasteiger partial charge in [0.05, 0.1) is 16.3 Å². The minimum atomic E-state index is -3.38. The number of rotatable bonds is 7. The fourth-order valence-electron chi connectivity index (χ4n) is 2.83. The van der Waals surface area contributed by atoms with E-state index in [4.69, 9.17) is 0 Å². The number of benzene rings is 2. The SMILES string of the molecule is Cc1ccc(S(=O)(=O)CCCC(=O)Nc2nc(-c3ccc(C)c(C)c3)cs2)cc1. The number of carbonyl (C=O) groups excluding carboxylic acids is 1. The maximum absolute atomic E-state index is 12.4. The van der Waals surface area contributed by atoms with Gasteiger partial charge in [-0.05, 0) is 56.5 Å². The summed E-state index contributed by atoms with van der Waals surface area (Å²) in [5, 5.41) is 5.19. The summed E-state index contributed by atoms with van der Waals surface area (Å²) < 4.78 is 24.7. The van der Waals surface area contributed by atoms with Crippen LogP contribution in [0.1, 0.15) is 29.5 Å². The Morgan fingerprint density at radius 3 is 2.45 bits per heavy atom. The highest BCUT2D eigenvalue weighted by Gasteiger charge is 2.15.